The second kappa shape index (κ2) is 4.30. The van der Waals surface area contributed by atoms with E-state index in [1.54, 1.807) is 13.5 Å². The lowest BCUT2D eigenvalue weighted by Crippen LogP contribution is -2.30. The van der Waals surface area contributed by atoms with Crippen molar-refractivity contribution in [1.29, 1.82) is 0 Å². The van der Waals surface area contributed by atoms with Gasteiger partial charge in [-0.1, -0.05) is 0 Å². The molecular weight excluding hydrogens is 198 g/mol. The van der Waals surface area contributed by atoms with Crippen molar-refractivity contribution in [3.8, 4) is 0 Å². The average molecular weight is 223 g/mol. The van der Waals surface area contributed by atoms with Gasteiger partial charge in [-0.05, 0) is 68.7 Å². The SMILES string of the molecule is CNC(CCCOC)C1C2C3CCC(C3)C21. The van der Waals surface area contributed by atoms with Gasteiger partial charge in [-0.2, -0.15) is 0 Å². The number of ether oxygens (including phenoxy) is 1. The molecule has 3 fully saturated rings. The van der Waals surface area contributed by atoms with Crippen LogP contribution in [0.25, 0.3) is 0 Å². The molecule has 2 bridgehead atoms. The van der Waals surface area contributed by atoms with E-state index in [0.29, 0.717) is 0 Å². The van der Waals surface area contributed by atoms with Crippen molar-refractivity contribution in [1.82, 2.24) is 5.32 Å². The molecule has 5 unspecified atom stereocenters. The minimum Gasteiger partial charge on any atom is -0.385 e. The molecule has 3 aliphatic rings. The first-order valence-electron chi connectivity index (χ1n) is 7.03. The van der Waals surface area contributed by atoms with Crippen LogP contribution in [0, 0.1) is 29.6 Å². The van der Waals surface area contributed by atoms with Gasteiger partial charge in [0.2, 0.25) is 0 Å². The third-order valence-electron chi connectivity index (χ3n) is 5.49. The molecule has 0 aromatic carbocycles. The van der Waals surface area contributed by atoms with Gasteiger partial charge in [0.05, 0.1) is 0 Å². The van der Waals surface area contributed by atoms with E-state index in [1.165, 1.54) is 25.7 Å². The normalized spacial score (nSPS) is 45.8. The summed E-state index contributed by atoms with van der Waals surface area (Å²) < 4.78 is 5.16. The van der Waals surface area contributed by atoms with E-state index in [1.807, 2.05) is 0 Å². The monoisotopic (exact) mass is 223 g/mol. The van der Waals surface area contributed by atoms with E-state index in [9.17, 15) is 0 Å². The lowest BCUT2D eigenvalue weighted by atomic mass is 9.95. The molecular formula is C14H25NO. The van der Waals surface area contributed by atoms with Gasteiger partial charge in [0.1, 0.15) is 0 Å². The Bertz CT molecular complexity index is 239. The maximum Gasteiger partial charge on any atom is 0.0462 e. The molecule has 1 N–H and O–H groups in total. The van der Waals surface area contributed by atoms with Gasteiger partial charge in [-0.15, -0.1) is 0 Å². The van der Waals surface area contributed by atoms with Crippen LogP contribution in [0.3, 0.4) is 0 Å². The summed E-state index contributed by atoms with van der Waals surface area (Å²) in [5.74, 6) is 5.46. The smallest absolute Gasteiger partial charge is 0.0462 e. The minimum atomic E-state index is 0.772. The topological polar surface area (TPSA) is 21.3 Å². The number of methoxy groups -OCH3 is 1. The van der Waals surface area contributed by atoms with Gasteiger partial charge in [0, 0.05) is 19.8 Å². The summed E-state index contributed by atoms with van der Waals surface area (Å²) in [4.78, 5) is 0. The average Bonchev–Trinajstić information content (AvgIpc) is 2.73. The molecule has 3 rings (SSSR count). The summed E-state index contributed by atoms with van der Waals surface area (Å²) in [6, 6.07) is 0.772. The van der Waals surface area contributed by atoms with Crippen LogP contribution in [0.15, 0.2) is 0 Å². The van der Waals surface area contributed by atoms with E-state index in [4.69, 9.17) is 4.74 Å². The van der Waals surface area contributed by atoms with Crippen LogP contribution >= 0.6 is 0 Å². The Hall–Kier alpha value is -0.0800. The number of hydrogen-bond donors (Lipinski definition) is 1. The van der Waals surface area contributed by atoms with Gasteiger partial charge in [-0.25, -0.2) is 0 Å². The lowest BCUT2D eigenvalue weighted by Gasteiger charge is -2.19. The molecule has 0 aromatic heterocycles. The van der Waals surface area contributed by atoms with E-state index in [2.05, 4.69) is 12.4 Å². The molecule has 2 nitrogen and oxygen atoms in total. The summed E-state index contributed by atoms with van der Waals surface area (Å²) in [7, 11) is 3.95. The van der Waals surface area contributed by atoms with Crippen LogP contribution in [0.5, 0.6) is 0 Å². The number of fused-ring (bicyclic) bond motifs is 5. The number of hydrogen-bond acceptors (Lipinski definition) is 2. The fourth-order valence-electron chi connectivity index (χ4n) is 4.91. The predicted molar refractivity (Wildman–Crippen MR) is 65.3 cm³/mol. The number of nitrogens with one attached hydrogen (secondary N) is 1. The third kappa shape index (κ3) is 1.62. The highest BCUT2D eigenvalue weighted by atomic mass is 16.5. The second-order valence-electron chi connectivity index (χ2n) is 6.10. The largest absolute Gasteiger partial charge is 0.385 e. The van der Waals surface area contributed by atoms with Gasteiger partial charge in [0.15, 0.2) is 0 Å². The van der Waals surface area contributed by atoms with E-state index in [-0.39, 0.29) is 0 Å². The molecule has 0 radical (unpaired) electrons. The van der Waals surface area contributed by atoms with Crippen molar-refractivity contribution >= 4 is 0 Å². The Morgan fingerprint density at radius 3 is 2.50 bits per heavy atom. The molecule has 3 saturated carbocycles. The molecule has 3 aliphatic carbocycles. The molecule has 0 spiro atoms. The van der Waals surface area contributed by atoms with Crippen LogP contribution in [0.2, 0.25) is 0 Å². The summed E-state index contributed by atoms with van der Waals surface area (Å²) >= 11 is 0. The Balaban J connectivity index is 1.53. The Labute approximate surface area is 99.1 Å². The van der Waals surface area contributed by atoms with Crippen molar-refractivity contribution in [2.24, 2.45) is 29.6 Å². The number of rotatable bonds is 6. The summed E-state index contributed by atoms with van der Waals surface area (Å²) in [5.41, 5.74) is 0. The summed E-state index contributed by atoms with van der Waals surface area (Å²) in [6.45, 7) is 0.924. The molecule has 92 valence electrons. The van der Waals surface area contributed by atoms with E-state index < -0.39 is 0 Å². The minimum absolute atomic E-state index is 0.772. The lowest BCUT2D eigenvalue weighted by molar-refractivity contribution is 0.186. The fraction of sp³-hybridized carbons (Fsp3) is 1.00. The Kier molecular flexibility index (Phi) is 2.97. The molecule has 0 aliphatic heterocycles. The molecule has 0 heterocycles. The second-order valence-corrected chi connectivity index (χ2v) is 6.10. The van der Waals surface area contributed by atoms with Crippen molar-refractivity contribution in [2.75, 3.05) is 20.8 Å². The molecule has 0 amide bonds. The molecule has 16 heavy (non-hydrogen) atoms. The Morgan fingerprint density at radius 2 is 1.94 bits per heavy atom. The zero-order valence-corrected chi connectivity index (χ0v) is 10.6. The van der Waals surface area contributed by atoms with Crippen molar-refractivity contribution < 1.29 is 4.74 Å². The quantitative estimate of drug-likeness (QED) is 0.698. The highest BCUT2D eigenvalue weighted by Crippen LogP contribution is 2.70. The van der Waals surface area contributed by atoms with Crippen molar-refractivity contribution in [3.63, 3.8) is 0 Å². The van der Waals surface area contributed by atoms with Crippen molar-refractivity contribution in [2.45, 2.75) is 38.1 Å². The Morgan fingerprint density at radius 1 is 1.25 bits per heavy atom. The third-order valence-corrected chi connectivity index (χ3v) is 5.49. The fourth-order valence-corrected chi connectivity index (χ4v) is 4.91. The molecule has 5 atom stereocenters. The highest BCUT2D eigenvalue weighted by Gasteiger charge is 2.66. The maximum atomic E-state index is 5.16. The van der Waals surface area contributed by atoms with Crippen LogP contribution in [0.1, 0.15) is 32.1 Å². The first kappa shape index (κ1) is 11.0. The summed E-state index contributed by atoms with van der Waals surface area (Å²) in [5, 5.41) is 3.56. The van der Waals surface area contributed by atoms with E-state index in [0.717, 1.165) is 42.2 Å². The zero-order chi connectivity index (χ0) is 11.1. The van der Waals surface area contributed by atoms with Gasteiger partial charge < -0.3 is 10.1 Å². The molecule has 0 saturated heterocycles. The maximum absolute atomic E-state index is 5.16. The predicted octanol–water partition coefficient (Wildman–Crippen LogP) is 2.29. The highest BCUT2D eigenvalue weighted by molar-refractivity contribution is 5.15. The van der Waals surface area contributed by atoms with Gasteiger partial charge in [0.25, 0.3) is 0 Å². The first-order chi connectivity index (χ1) is 7.86. The van der Waals surface area contributed by atoms with Crippen molar-refractivity contribution in [3.05, 3.63) is 0 Å². The molecule has 2 heteroatoms. The standard InChI is InChI=1S/C14H25NO/c1-15-11(4-3-7-16-2)14-12-9-5-6-10(8-9)13(12)14/h9-15H,3-8H2,1-2H3. The molecule has 0 aromatic rings. The van der Waals surface area contributed by atoms with Crippen LogP contribution in [-0.4, -0.2) is 26.8 Å². The van der Waals surface area contributed by atoms with E-state index >= 15 is 0 Å². The van der Waals surface area contributed by atoms with Gasteiger partial charge in [-0.3, -0.25) is 0 Å². The van der Waals surface area contributed by atoms with Gasteiger partial charge >= 0.3 is 0 Å². The van der Waals surface area contributed by atoms with Crippen LogP contribution in [-0.2, 0) is 4.74 Å². The zero-order valence-electron chi connectivity index (χ0n) is 10.6. The van der Waals surface area contributed by atoms with Crippen LogP contribution < -0.4 is 5.32 Å². The first-order valence-corrected chi connectivity index (χ1v) is 7.03. The van der Waals surface area contributed by atoms with Crippen LogP contribution in [0.4, 0.5) is 0 Å². The summed E-state index contributed by atoms with van der Waals surface area (Å²) in [6.07, 6.45) is 7.17.